The van der Waals surface area contributed by atoms with Crippen LogP contribution in [0.25, 0.3) is 0 Å². The zero-order valence-electron chi connectivity index (χ0n) is 8.39. The predicted octanol–water partition coefficient (Wildman–Crippen LogP) is 1.18. The molecule has 0 aromatic rings. The van der Waals surface area contributed by atoms with E-state index in [4.69, 9.17) is 4.74 Å². The van der Waals surface area contributed by atoms with Crippen LogP contribution in [-0.2, 0) is 9.53 Å². The second-order valence-corrected chi connectivity index (χ2v) is 4.49. The first-order chi connectivity index (χ1) is 7.25. The van der Waals surface area contributed by atoms with E-state index < -0.39 is 6.09 Å². The van der Waals surface area contributed by atoms with Gasteiger partial charge in [0.25, 0.3) is 0 Å². The Hall–Kier alpha value is -1.32. The van der Waals surface area contributed by atoms with Crippen LogP contribution in [-0.4, -0.2) is 30.1 Å². The van der Waals surface area contributed by atoms with Gasteiger partial charge >= 0.3 is 6.09 Å². The number of carbonyl (C=O) groups is 2. The Morgan fingerprint density at radius 2 is 2.27 bits per heavy atom. The topological polar surface area (TPSA) is 46.6 Å². The first-order valence-electron chi connectivity index (χ1n) is 5.42. The highest BCUT2D eigenvalue weighted by Gasteiger charge is 2.43. The summed E-state index contributed by atoms with van der Waals surface area (Å²) in [5, 5.41) is 0. The van der Waals surface area contributed by atoms with E-state index in [2.05, 4.69) is 12.2 Å². The van der Waals surface area contributed by atoms with Gasteiger partial charge in [0.2, 0.25) is 5.91 Å². The van der Waals surface area contributed by atoms with Crippen molar-refractivity contribution in [3.8, 4) is 0 Å². The molecule has 15 heavy (non-hydrogen) atoms. The molecule has 0 spiro atoms. The molecule has 1 saturated heterocycles. The zero-order valence-corrected chi connectivity index (χ0v) is 8.39. The van der Waals surface area contributed by atoms with Gasteiger partial charge in [-0.25, -0.2) is 9.69 Å². The SMILES string of the molecule is O=C1OCCN1C(=O)C1CC2C=CC1C2. The van der Waals surface area contributed by atoms with E-state index in [0.717, 1.165) is 12.8 Å². The fraction of sp³-hybridized carbons (Fsp3) is 0.636. The molecule has 3 rings (SSSR count). The van der Waals surface area contributed by atoms with Gasteiger partial charge in [0, 0.05) is 5.92 Å². The highest BCUT2D eigenvalue weighted by Crippen LogP contribution is 2.44. The lowest BCUT2D eigenvalue weighted by molar-refractivity contribution is -0.132. The molecule has 1 heterocycles. The third-order valence-electron chi connectivity index (χ3n) is 3.62. The number of fused-ring (bicyclic) bond motifs is 2. The number of allylic oxidation sites excluding steroid dienone is 2. The number of hydrogen-bond donors (Lipinski definition) is 0. The number of hydrogen-bond acceptors (Lipinski definition) is 3. The maximum atomic E-state index is 12.0. The third-order valence-corrected chi connectivity index (χ3v) is 3.62. The summed E-state index contributed by atoms with van der Waals surface area (Å²) in [7, 11) is 0. The molecule has 1 saturated carbocycles. The second kappa shape index (κ2) is 3.08. The van der Waals surface area contributed by atoms with Gasteiger partial charge in [0.05, 0.1) is 6.54 Å². The Labute approximate surface area is 87.9 Å². The van der Waals surface area contributed by atoms with Gasteiger partial charge in [-0.15, -0.1) is 0 Å². The van der Waals surface area contributed by atoms with Crippen molar-refractivity contribution in [3.63, 3.8) is 0 Å². The molecule has 0 aromatic heterocycles. The van der Waals surface area contributed by atoms with Crippen molar-refractivity contribution in [1.82, 2.24) is 4.90 Å². The van der Waals surface area contributed by atoms with E-state index in [1.165, 1.54) is 4.90 Å². The van der Waals surface area contributed by atoms with Crippen LogP contribution in [0.15, 0.2) is 12.2 Å². The van der Waals surface area contributed by atoms with Crippen LogP contribution in [0.1, 0.15) is 12.8 Å². The van der Waals surface area contributed by atoms with Crippen molar-refractivity contribution in [2.24, 2.45) is 17.8 Å². The highest BCUT2D eigenvalue weighted by molar-refractivity contribution is 5.94. The molecule has 2 fully saturated rings. The van der Waals surface area contributed by atoms with Crippen LogP contribution in [0.5, 0.6) is 0 Å². The molecule has 3 atom stereocenters. The minimum Gasteiger partial charge on any atom is -0.447 e. The van der Waals surface area contributed by atoms with Gasteiger partial charge < -0.3 is 4.74 Å². The number of rotatable bonds is 1. The molecule has 3 unspecified atom stereocenters. The number of carbonyl (C=O) groups excluding carboxylic acids is 2. The lowest BCUT2D eigenvalue weighted by Crippen LogP contribution is -2.38. The van der Waals surface area contributed by atoms with Gasteiger partial charge in [0.1, 0.15) is 6.61 Å². The number of imide groups is 1. The second-order valence-electron chi connectivity index (χ2n) is 4.49. The Balaban J connectivity index is 1.75. The molecule has 2 aliphatic carbocycles. The molecular formula is C11H13NO3. The number of nitrogens with zero attached hydrogens (tertiary/aromatic N) is 1. The minimum atomic E-state index is -0.466. The van der Waals surface area contributed by atoms with E-state index in [9.17, 15) is 9.59 Å². The van der Waals surface area contributed by atoms with Gasteiger partial charge in [-0.05, 0) is 24.7 Å². The molecule has 4 heteroatoms. The van der Waals surface area contributed by atoms with Crippen LogP contribution in [0.2, 0.25) is 0 Å². The molecule has 2 amide bonds. The van der Waals surface area contributed by atoms with Crippen LogP contribution in [0.4, 0.5) is 4.79 Å². The number of amides is 2. The lowest BCUT2D eigenvalue weighted by Gasteiger charge is -2.20. The van der Waals surface area contributed by atoms with Crippen molar-refractivity contribution >= 4 is 12.0 Å². The molecule has 0 aromatic carbocycles. The molecule has 0 N–H and O–H groups in total. The quantitative estimate of drug-likeness (QED) is 0.606. The van der Waals surface area contributed by atoms with E-state index in [1.54, 1.807) is 0 Å². The number of ether oxygens (including phenoxy) is 1. The van der Waals surface area contributed by atoms with E-state index >= 15 is 0 Å². The Morgan fingerprint density at radius 3 is 2.80 bits per heavy atom. The summed E-state index contributed by atoms with van der Waals surface area (Å²) < 4.78 is 4.77. The summed E-state index contributed by atoms with van der Waals surface area (Å²) in [6, 6.07) is 0. The van der Waals surface area contributed by atoms with Crippen molar-refractivity contribution in [2.45, 2.75) is 12.8 Å². The first kappa shape index (κ1) is 8.95. The van der Waals surface area contributed by atoms with Crippen LogP contribution < -0.4 is 0 Å². The molecule has 1 aliphatic heterocycles. The summed E-state index contributed by atoms with van der Waals surface area (Å²) in [4.78, 5) is 24.5. The Bertz CT molecular complexity index is 350. The van der Waals surface area contributed by atoms with E-state index in [0.29, 0.717) is 25.0 Å². The third kappa shape index (κ3) is 1.28. The van der Waals surface area contributed by atoms with Gasteiger partial charge in [-0.1, -0.05) is 12.2 Å². The first-order valence-corrected chi connectivity index (χ1v) is 5.42. The summed E-state index contributed by atoms with van der Waals surface area (Å²) >= 11 is 0. The normalized spacial score (nSPS) is 37.5. The molecule has 2 bridgehead atoms. The Kier molecular flexibility index (Phi) is 1.84. The average Bonchev–Trinajstić information content (AvgIpc) is 2.91. The van der Waals surface area contributed by atoms with E-state index in [-0.39, 0.29) is 11.8 Å². The fourth-order valence-electron chi connectivity index (χ4n) is 2.86. The Morgan fingerprint density at radius 1 is 1.40 bits per heavy atom. The molecule has 0 radical (unpaired) electrons. The summed E-state index contributed by atoms with van der Waals surface area (Å²) in [5.41, 5.74) is 0. The zero-order chi connectivity index (χ0) is 10.4. The maximum absolute atomic E-state index is 12.0. The summed E-state index contributed by atoms with van der Waals surface area (Å²) in [5.74, 6) is 0.901. The molecule has 4 nitrogen and oxygen atoms in total. The average molecular weight is 207 g/mol. The molecular weight excluding hydrogens is 194 g/mol. The van der Waals surface area contributed by atoms with Gasteiger partial charge in [-0.3, -0.25) is 4.79 Å². The van der Waals surface area contributed by atoms with Crippen LogP contribution in [0.3, 0.4) is 0 Å². The smallest absolute Gasteiger partial charge is 0.416 e. The predicted molar refractivity (Wildman–Crippen MR) is 51.9 cm³/mol. The van der Waals surface area contributed by atoms with Gasteiger partial charge in [0.15, 0.2) is 0 Å². The van der Waals surface area contributed by atoms with Crippen molar-refractivity contribution < 1.29 is 14.3 Å². The van der Waals surface area contributed by atoms with Crippen molar-refractivity contribution in [3.05, 3.63) is 12.2 Å². The maximum Gasteiger partial charge on any atom is 0.416 e. The van der Waals surface area contributed by atoms with Crippen molar-refractivity contribution in [1.29, 1.82) is 0 Å². The summed E-state index contributed by atoms with van der Waals surface area (Å²) in [6.45, 7) is 0.774. The van der Waals surface area contributed by atoms with Crippen molar-refractivity contribution in [2.75, 3.05) is 13.2 Å². The molecule has 80 valence electrons. The van der Waals surface area contributed by atoms with Crippen LogP contribution >= 0.6 is 0 Å². The van der Waals surface area contributed by atoms with Crippen LogP contribution in [0, 0.1) is 17.8 Å². The summed E-state index contributed by atoms with van der Waals surface area (Å²) in [6.07, 6.45) is 5.84. The standard InChI is InChI=1S/C11H13NO3/c13-10(12-3-4-15-11(12)14)9-6-7-1-2-8(9)5-7/h1-2,7-9H,3-6H2. The van der Waals surface area contributed by atoms with Gasteiger partial charge in [-0.2, -0.15) is 0 Å². The highest BCUT2D eigenvalue weighted by atomic mass is 16.6. The van der Waals surface area contributed by atoms with E-state index in [1.807, 2.05) is 0 Å². The monoisotopic (exact) mass is 207 g/mol. The fourth-order valence-corrected chi connectivity index (χ4v) is 2.86. The number of cyclic esters (lactones) is 1. The molecule has 3 aliphatic rings. The minimum absolute atomic E-state index is 0.0191. The lowest BCUT2D eigenvalue weighted by atomic mass is 9.92. The largest absolute Gasteiger partial charge is 0.447 e.